The van der Waals surface area contributed by atoms with E-state index in [2.05, 4.69) is 5.32 Å². The Bertz CT molecular complexity index is 1110. The van der Waals surface area contributed by atoms with Gasteiger partial charge in [-0.3, -0.25) is 4.79 Å². The molecule has 0 atom stereocenters. The lowest BCUT2D eigenvalue weighted by Gasteiger charge is -2.25. The highest BCUT2D eigenvalue weighted by Gasteiger charge is 2.33. The summed E-state index contributed by atoms with van der Waals surface area (Å²) in [6.45, 7) is 5.06. The van der Waals surface area contributed by atoms with E-state index < -0.39 is 23.7 Å². The third kappa shape index (κ3) is 6.60. The van der Waals surface area contributed by atoms with E-state index in [-0.39, 0.29) is 42.0 Å². The summed E-state index contributed by atoms with van der Waals surface area (Å²) >= 11 is 6.30. The van der Waals surface area contributed by atoms with Crippen LogP contribution >= 0.6 is 11.6 Å². The largest absolute Gasteiger partial charge is 0.462 e. The van der Waals surface area contributed by atoms with Gasteiger partial charge in [0.05, 0.1) is 30.3 Å². The monoisotopic (exact) mass is 502 g/mol. The minimum absolute atomic E-state index is 0.0399. The van der Waals surface area contributed by atoms with Crippen molar-refractivity contribution in [2.45, 2.75) is 46.1 Å². The SMILES string of the molecule is CCOC(=O)C(=CN(c1cc(NC(=O)Cc2ccccc2)c(F)c(Cl)c1C)C1CC1)C(=O)OCC. The van der Waals surface area contributed by atoms with Crippen LogP contribution in [-0.4, -0.2) is 37.1 Å². The number of halogens is 2. The van der Waals surface area contributed by atoms with Crippen LogP contribution in [0.5, 0.6) is 0 Å². The number of rotatable bonds is 10. The molecule has 1 aliphatic rings. The Hall–Kier alpha value is -3.39. The molecule has 0 aliphatic heterocycles. The van der Waals surface area contributed by atoms with Gasteiger partial charge in [0.25, 0.3) is 0 Å². The first-order valence-corrected chi connectivity index (χ1v) is 11.8. The lowest BCUT2D eigenvalue weighted by molar-refractivity contribution is -0.146. The molecule has 0 unspecified atom stereocenters. The van der Waals surface area contributed by atoms with Crippen molar-refractivity contribution in [3.8, 4) is 0 Å². The smallest absolute Gasteiger partial charge is 0.347 e. The molecule has 9 heteroatoms. The Balaban J connectivity index is 1.99. The van der Waals surface area contributed by atoms with Gasteiger partial charge in [0.1, 0.15) is 0 Å². The molecule has 2 aromatic rings. The molecule has 0 bridgehead atoms. The van der Waals surface area contributed by atoms with Crippen LogP contribution in [0.2, 0.25) is 5.02 Å². The minimum Gasteiger partial charge on any atom is -0.462 e. The fourth-order valence-corrected chi connectivity index (χ4v) is 3.71. The first-order chi connectivity index (χ1) is 16.8. The van der Waals surface area contributed by atoms with E-state index in [1.165, 1.54) is 12.3 Å². The van der Waals surface area contributed by atoms with Crippen molar-refractivity contribution in [2.75, 3.05) is 23.4 Å². The van der Waals surface area contributed by atoms with Crippen LogP contribution in [0.1, 0.15) is 37.8 Å². The number of nitrogens with one attached hydrogen (secondary N) is 1. The zero-order valence-electron chi connectivity index (χ0n) is 19.9. The third-order valence-corrected chi connectivity index (χ3v) is 5.83. The summed E-state index contributed by atoms with van der Waals surface area (Å²) in [6.07, 6.45) is 3.00. The number of anilines is 2. The van der Waals surface area contributed by atoms with Crippen LogP contribution in [0.15, 0.2) is 48.2 Å². The van der Waals surface area contributed by atoms with Gasteiger partial charge in [-0.1, -0.05) is 41.9 Å². The Morgan fingerprint density at radius 2 is 1.71 bits per heavy atom. The van der Waals surface area contributed by atoms with E-state index in [0.717, 1.165) is 18.4 Å². The van der Waals surface area contributed by atoms with Crippen molar-refractivity contribution in [3.05, 3.63) is 70.1 Å². The van der Waals surface area contributed by atoms with Crippen molar-refractivity contribution in [3.63, 3.8) is 0 Å². The number of hydrogen-bond donors (Lipinski definition) is 1. The number of ether oxygens (including phenoxy) is 2. The molecule has 1 amide bonds. The molecular formula is C26H28ClFN2O5. The fraction of sp³-hybridized carbons (Fsp3) is 0.346. The number of benzene rings is 2. The maximum Gasteiger partial charge on any atom is 0.347 e. The highest BCUT2D eigenvalue weighted by Crippen LogP contribution is 2.40. The van der Waals surface area contributed by atoms with Gasteiger partial charge >= 0.3 is 11.9 Å². The molecule has 0 radical (unpaired) electrons. The van der Waals surface area contributed by atoms with E-state index in [1.807, 2.05) is 18.2 Å². The number of esters is 2. The molecule has 7 nitrogen and oxygen atoms in total. The summed E-state index contributed by atoms with van der Waals surface area (Å²) in [5.74, 6) is -2.81. The third-order valence-electron chi connectivity index (χ3n) is 5.38. The summed E-state index contributed by atoms with van der Waals surface area (Å²) in [5, 5.41) is 2.43. The topological polar surface area (TPSA) is 84.9 Å². The molecule has 1 saturated carbocycles. The summed E-state index contributed by atoms with van der Waals surface area (Å²) in [6, 6.07) is 10.5. The predicted molar refractivity (Wildman–Crippen MR) is 132 cm³/mol. The van der Waals surface area contributed by atoms with Crippen molar-refractivity contribution in [1.29, 1.82) is 0 Å². The molecule has 0 spiro atoms. The van der Waals surface area contributed by atoms with Gasteiger partial charge in [0, 0.05) is 17.9 Å². The average molecular weight is 503 g/mol. The molecule has 186 valence electrons. The summed E-state index contributed by atoms with van der Waals surface area (Å²) in [7, 11) is 0. The molecule has 1 aliphatic carbocycles. The Morgan fingerprint density at radius 3 is 2.26 bits per heavy atom. The average Bonchev–Trinajstić information content (AvgIpc) is 3.67. The highest BCUT2D eigenvalue weighted by molar-refractivity contribution is 6.32. The van der Waals surface area contributed by atoms with Gasteiger partial charge in [0.2, 0.25) is 5.91 Å². The number of carbonyl (C=O) groups excluding carboxylic acids is 3. The van der Waals surface area contributed by atoms with Crippen LogP contribution in [0.25, 0.3) is 0 Å². The van der Waals surface area contributed by atoms with Gasteiger partial charge in [-0.2, -0.15) is 0 Å². The lowest BCUT2D eigenvalue weighted by atomic mass is 10.1. The Morgan fingerprint density at radius 1 is 1.11 bits per heavy atom. The molecule has 0 aromatic heterocycles. The first-order valence-electron chi connectivity index (χ1n) is 11.4. The van der Waals surface area contributed by atoms with Crippen LogP contribution in [0.4, 0.5) is 15.8 Å². The number of nitrogens with zero attached hydrogens (tertiary/aromatic N) is 1. The van der Waals surface area contributed by atoms with E-state index >= 15 is 4.39 Å². The normalized spacial score (nSPS) is 12.5. The second-order valence-electron chi connectivity index (χ2n) is 8.03. The minimum atomic E-state index is -0.821. The van der Waals surface area contributed by atoms with Crippen LogP contribution in [-0.2, 0) is 30.3 Å². The van der Waals surface area contributed by atoms with Gasteiger partial charge in [-0.05, 0) is 50.8 Å². The molecule has 35 heavy (non-hydrogen) atoms. The molecule has 2 aromatic carbocycles. The van der Waals surface area contributed by atoms with Gasteiger partial charge in [-0.15, -0.1) is 0 Å². The van der Waals surface area contributed by atoms with Crippen LogP contribution < -0.4 is 10.2 Å². The first kappa shape index (κ1) is 26.2. The molecule has 1 N–H and O–H groups in total. The van der Waals surface area contributed by atoms with Crippen molar-refractivity contribution < 1.29 is 28.2 Å². The quantitative estimate of drug-likeness (QED) is 0.214. The number of amides is 1. The maximum absolute atomic E-state index is 15.0. The van der Waals surface area contributed by atoms with E-state index in [1.54, 1.807) is 37.8 Å². The lowest BCUT2D eigenvalue weighted by Crippen LogP contribution is -2.26. The van der Waals surface area contributed by atoms with Crippen LogP contribution in [0.3, 0.4) is 0 Å². The number of hydrogen-bond acceptors (Lipinski definition) is 6. The second-order valence-corrected chi connectivity index (χ2v) is 8.41. The van der Waals surface area contributed by atoms with E-state index in [0.29, 0.717) is 11.3 Å². The Kier molecular flexibility index (Phi) is 8.87. The van der Waals surface area contributed by atoms with Crippen molar-refractivity contribution >= 4 is 40.8 Å². The maximum atomic E-state index is 15.0. The molecular weight excluding hydrogens is 475 g/mol. The Labute approximate surface area is 208 Å². The van der Waals surface area contributed by atoms with Gasteiger partial charge < -0.3 is 19.7 Å². The van der Waals surface area contributed by atoms with Crippen molar-refractivity contribution in [1.82, 2.24) is 0 Å². The van der Waals surface area contributed by atoms with Gasteiger partial charge in [0.15, 0.2) is 11.4 Å². The van der Waals surface area contributed by atoms with E-state index in [9.17, 15) is 14.4 Å². The molecule has 1 fully saturated rings. The van der Waals surface area contributed by atoms with Crippen LogP contribution in [0, 0.1) is 12.7 Å². The summed E-state index contributed by atoms with van der Waals surface area (Å²) < 4.78 is 25.1. The predicted octanol–water partition coefficient (Wildman–Crippen LogP) is 4.95. The second kappa shape index (κ2) is 11.8. The van der Waals surface area contributed by atoms with Crippen molar-refractivity contribution in [2.24, 2.45) is 0 Å². The molecule has 0 saturated heterocycles. The zero-order chi connectivity index (χ0) is 25.5. The fourth-order valence-electron chi connectivity index (χ4n) is 3.51. The number of carbonyl (C=O) groups is 3. The highest BCUT2D eigenvalue weighted by atomic mass is 35.5. The molecule has 3 rings (SSSR count). The summed E-state index contributed by atoms with van der Waals surface area (Å²) in [5.41, 5.74) is 1.26. The standard InChI is InChI=1S/C26H28ClFN2O5/c1-4-34-25(32)19(26(33)35-5-2)15-30(18-11-12-18)21-14-20(24(28)23(27)16(21)3)29-22(31)13-17-9-7-6-8-10-17/h6-10,14-15,18H,4-5,11-13H2,1-3H3,(H,29,31). The molecule has 0 heterocycles. The van der Waals surface area contributed by atoms with Gasteiger partial charge in [-0.25, -0.2) is 14.0 Å². The summed E-state index contributed by atoms with van der Waals surface area (Å²) in [4.78, 5) is 39.3. The zero-order valence-corrected chi connectivity index (χ0v) is 20.7. The van der Waals surface area contributed by atoms with E-state index in [4.69, 9.17) is 21.1 Å².